The number of halogens is 2. The lowest BCUT2D eigenvalue weighted by molar-refractivity contribution is -0.113. The normalized spacial score (nSPS) is 16.7. The number of carbonyl (C=O) groups excluding carboxylic acids is 1. The van der Waals surface area contributed by atoms with E-state index in [-0.39, 0.29) is 10.6 Å². The summed E-state index contributed by atoms with van der Waals surface area (Å²) in [5.41, 5.74) is 1.59. The largest absolute Gasteiger partial charge is 0.495 e. The van der Waals surface area contributed by atoms with Gasteiger partial charge in [0.15, 0.2) is 5.11 Å². The van der Waals surface area contributed by atoms with Crippen LogP contribution in [0, 0.1) is 5.82 Å². The Balaban J connectivity index is 2.08. The number of hydrogen-bond donors (Lipinski definition) is 2. The smallest absolute Gasteiger partial charge is 0.255 e. The van der Waals surface area contributed by atoms with Crippen molar-refractivity contribution in [1.82, 2.24) is 10.2 Å². The van der Waals surface area contributed by atoms with Crippen molar-refractivity contribution in [1.29, 1.82) is 0 Å². The van der Waals surface area contributed by atoms with Gasteiger partial charge in [0.25, 0.3) is 5.91 Å². The number of para-hydroxylation sites is 2. The van der Waals surface area contributed by atoms with Crippen LogP contribution in [0.25, 0.3) is 0 Å². The molecule has 1 atom stereocenters. The summed E-state index contributed by atoms with van der Waals surface area (Å²) in [6.07, 6.45) is 0. The van der Waals surface area contributed by atoms with Crippen molar-refractivity contribution in [2.45, 2.75) is 13.0 Å². The van der Waals surface area contributed by atoms with Crippen LogP contribution in [-0.4, -0.2) is 30.1 Å². The van der Waals surface area contributed by atoms with Crippen molar-refractivity contribution in [3.05, 3.63) is 70.1 Å². The maximum atomic E-state index is 14.6. The fourth-order valence-electron chi connectivity index (χ4n) is 3.07. The minimum atomic E-state index is -0.827. The highest BCUT2D eigenvalue weighted by molar-refractivity contribution is 7.80. The molecule has 0 spiro atoms. The molecule has 2 aromatic rings. The molecule has 5 nitrogen and oxygen atoms in total. The average Bonchev–Trinajstić information content (AvgIpc) is 2.66. The fourth-order valence-corrected chi connectivity index (χ4v) is 3.60. The van der Waals surface area contributed by atoms with Crippen molar-refractivity contribution >= 4 is 40.5 Å². The lowest BCUT2D eigenvalue weighted by Crippen LogP contribution is -2.47. The number of ether oxygens (including phenoxy) is 1. The van der Waals surface area contributed by atoms with Gasteiger partial charge in [0, 0.05) is 23.3 Å². The van der Waals surface area contributed by atoms with Crippen molar-refractivity contribution in [3.8, 4) is 5.75 Å². The molecule has 0 aliphatic carbocycles. The summed E-state index contributed by atoms with van der Waals surface area (Å²) in [5.74, 6) is -0.414. The number of carbonyl (C=O) groups is 1. The summed E-state index contributed by atoms with van der Waals surface area (Å²) < 4.78 is 19.9. The quantitative estimate of drug-likeness (QED) is 0.725. The molecule has 3 rings (SSSR count). The molecule has 1 amide bonds. The van der Waals surface area contributed by atoms with E-state index in [1.165, 1.54) is 19.2 Å². The lowest BCUT2D eigenvalue weighted by atomic mass is 9.94. The van der Waals surface area contributed by atoms with Gasteiger partial charge in [0.1, 0.15) is 11.6 Å². The molecule has 1 heterocycles. The van der Waals surface area contributed by atoms with E-state index in [2.05, 4.69) is 10.6 Å². The molecule has 1 aliphatic rings. The molecule has 0 radical (unpaired) electrons. The van der Waals surface area contributed by atoms with Gasteiger partial charge >= 0.3 is 0 Å². The van der Waals surface area contributed by atoms with Gasteiger partial charge in [-0.3, -0.25) is 4.79 Å². The molecule has 2 N–H and O–H groups in total. The molecular formula is C20H19ClFN3O2S. The molecule has 0 saturated carbocycles. The first-order valence-electron chi connectivity index (χ1n) is 8.48. The molecule has 146 valence electrons. The maximum Gasteiger partial charge on any atom is 0.255 e. The number of thiocarbonyl (C=S) groups is 1. The Bertz CT molecular complexity index is 959. The van der Waals surface area contributed by atoms with Crippen LogP contribution in [0.5, 0.6) is 5.75 Å². The van der Waals surface area contributed by atoms with Crippen molar-refractivity contribution in [3.63, 3.8) is 0 Å². The second kappa shape index (κ2) is 8.16. The van der Waals surface area contributed by atoms with Crippen LogP contribution >= 0.6 is 23.8 Å². The molecule has 1 aliphatic heterocycles. The predicted octanol–water partition coefficient (Wildman–Crippen LogP) is 4.26. The third-order valence-corrected chi connectivity index (χ3v) is 5.36. The zero-order valence-electron chi connectivity index (χ0n) is 15.5. The van der Waals surface area contributed by atoms with E-state index in [0.29, 0.717) is 27.8 Å². The Labute approximate surface area is 173 Å². The van der Waals surface area contributed by atoms with Gasteiger partial charge in [0.05, 0.1) is 24.4 Å². The van der Waals surface area contributed by atoms with Crippen molar-refractivity contribution in [2.24, 2.45) is 0 Å². The standard InChI is InChI=1S/C20H19ClFN3O2S/c1-11-16(19(26)23-14-9-4-5-10-15(14)27-3)18(24-20(28)25(11)2)17-12(21)7-6-8-13(17)22/h4-10,18H,1-3H3,(H,23,26)(H,24,28). The van der Waals surface area contributed by atoms with Crippen molar-refractivity contribution in [2.75, 3.05) is 19.5 Å². The van der Waals surface area contributed by atoms with Gasteiger partial charge in [-0.05, 0) is 43.4 Å². The van der Waals surface area contributed by atoms with E-state index in [4.69, 9.17) is 28.6 Å². The number of amides is 1. The van der Waals surface area contributed by atoms with Crippen LogP contribution in [0.15, 0.2) is 53.7 Å². The summed E-state index contributed by atoms with van der Waals surface area (Å²) in [5, 5.41) is 6.44. The topological polar surface area (TPSA) is 53.6 Å². The first-order chi connectivity index (χ1) is 13.3. The Kier molecular flexibility index (Phi) is 5.86. The molecule has 0 bridgehead atoms. The summed E-state index contributed by atoms with van der Waals surface area (Å²) in [6, 6.07) is 10.6. The Hall–Kier alpha value is -2.64. The maximum absolute atomic E-state index is 14.6. The Morgan fingerprint density at radius 1 is 1.29 bits per heavy atom. The number of anilines is 1. The van der Waals surface area contributed by atoms with Gasteiger partial charge < -0.3 is 20.3 Å². The third kappa shape index (κ3) is 3.68. The van der Waals surface area contributed by atoms with E-state index in [0.717, 1.165) is 0 Å². The molecule has 0 aromatic heterocycles. The van der Waals surface area contributed by atoms with Crippen LogP contribution in [0.3, 0.4) is 0 Å². The van der Waals surface area contributed by atoms with Crippen molar-refractivity contribution < 1.29 is 13.9 Å². The Morgan fingerprint density at radius 3 is 2.68 bits per heavy atom. The van der Waals surface area contributed by atoms with E-state index in [1.54, 1.807) is 49.2 Å². The number of nitrogens with one attached hydrogen (secondary N) is 2. The van der Waals surface area contributed by atoms with Crippen LogP contribution in [-0.2, 0) is 4.79 Å². The highest BCUT2D eigenvalue weighted by atomic mass is 35.5. The molecule has 8 heteroatoms. The number of rotatable bonds is 4. The first-order valence-corrected chi connectivity index (χ1v) is 9.27. The van der Waals surface area contributed by atoms with Gasteiger partial charge in [-0.15, -0.1) is 0 Å². The minimum Gasteiger partial charge on any atom is -0.495 e. The van der Waals surface area contributed by atoms with E-state index in [9.17, 15) is 9.18 Å². The highest BCUT2D eigenvalue weighted by Gasteiger charge is 2.35. The van der Waals surface area contributed by atoms with Gasteiger partial charge in [-0.2, -0.15) is 0 Å². The summed E-state index contributed by atoms with van der Waals surface area (Å²) >= 11 is 11.6. The number of nitrogens with zero attached hydrogens (tertiary/aromatic N) is 1. The van der Waals surface area contributed by atoms with E-state index >= 15 is 0 Å². The second-order valence-corrected chi connectivity index (χ2v) is 7.02. The van der Waals surface area contributed by atoms with Crippen LogP contribution < -0.4 is 15.4 Å². The second-order valence-electron chi connectivity index (χ2n) is 6.23. The number of methoxy groups -OCH3 is 1. The highest BCUT2D eigenvalue weighted by Crippen LogP contribution is 2.36. The average molecular weight is 420 g/mol. The minimum absolute atomic E-state index is 0.171. The molecule has 1 unspecified atom stereocenters. The third-order valence-electron chi connectivity index (χ3n) is 4.64. The monoisotopic (exact) mass is 419 g/mol. The summed E-state index contributed by atoms with van der Waals surface area (Å²) in [6.45, 7) is 1.76. The zero-order chi connectivity index (χ0) is 20.4. The van der Waals surface area contributed by atoms with Gasteiger partial charge in [0.2, 0.25) is 0 Å². The molecule has 28 heavy (non-hydrogen) atoms. The summed E-state index contributed by atoms with van der Waals surface area (Å²) in [7, 11) is 3.26. The molecule has 2 aromatic carbocycles. The SMILES string of the molecule is COc1ccccc1NC(=O)C1=C(C)N(C)C(=S)NC1c1c(F)cccc1Cl. The van der Waals surface area contributed by atoms with Crippen LogP contribution in [0.2, 0.25) is 5.02 Å². The van der Waals surface area contributed by atoms with Gasteiger partial charge in [-0.1, -0.05) is 29.8 Å². The lowest BCUT2D eigenvalue weighted by Gasteiger charge is -2.36. The number of hydrogen-bond acceptors (Lipinski definition) is 3. The first kappa shape index (κ1) is 20.1. The van der Waals surface area contributed by atoms with E-state index in [1.807, 2.05) is 0 Å². The number of benzene rings is 2. The van der Waals surface area contributed by atoms with Crippen LogP contribution in [0.1, 0.15) is 18.5 Å². The summed E-state index contributed by atoms with van der Waals surface area (Å²) in [4.78, 5) is 14.9. The molecule has 0 fully saturated rings. The van der Waals surface area contributed by atoms with Gasteiger partial charge in [-0.25, -0.2) is 4.39 Å². The Morgan fingerprint density at radius 2 is 2.00 bits per heavy atom. The van der Waals surface area contributed by atoms with E-state index < -0.39 is 17.8 Å². The zero-order valence-corrected chi connectivity index (χ0v) is 17.1. The molecule has 0 saturated heterocycles. The molecular weight excluding hydrogens is 401 g/mol. The van der Waals surface area contributed by atoms with Crippen LogP contribution in [0.4, 0.5) is 10.1 Å². The number of allylic oxidation sites excluding steroid dienone is 1. The fraction of sp³-hybridized carbons (Fsp3) is 0.200. The predicted molar refractivity (Wildman–Crippen MR) is 112 cm³/mol.